The van der Waals surface area contributed by atoms with Crippen LogP contribution in [0.2, 0.25) is 0 Å². The number of hydrogen-bond acceptors (Lipinski definition) is 3. The normalized spacial score (nSPS) is 10.6. The second-order valence-electron chi connectivity index (χ2n) is 3.16. The van der Waals surface area contributed by atoms with E-state index in [1.807, 2.05) is 12.3 Å². The largest absolute Gasteiger partial charge is 0.330 e. The summed E-state index contributed by atoms with van der Waals surface area (Å²) in [6, 6.07) is 2.03. The van der Waals surface area contributed by atoms with Crippen LogP contribution in [0, 0.1) is 0 Å². The molecule has 2 aromatic rings. The van der Waals surface area contributed by atoms with Gasteiger partial charge in [-0.2, -0.15) is 10.2 Å². The molecule has 0 aromatic carbocycles. The number of H-pyrrole nitrogens is 2. The van der Waals surface area contributed by atoms with E-state index in [0.29, 0.717) is 6.54 Å². The summed E-state index contributed by atoms with van der Waals surface area (Å²) in [5.74, 6) is 0. The SMILES string of the molecule is NCCCc1cc(-c2cn[nH]c2)n[nH]1. The molecule has 0 aliphatic rings. The molecule has 0 aliphatic carbocycles. The van der Waals surface area contributed by atoms with Gasteiger partial charge < -0.3 is 5.73 Å². The number of nitrogens with one attached hydrogen (secondary N) is 2. The zero-order valence-electron chi connectivity index (χ0n) is 7.83. The average molecular weight is 191 g/mol. The summed E-state index contributed by atoms with van der Waals surface area (Å²) < 4.78 is 0. The van der Waals surface area contributed by atoms with Crippen LogP contribution in [0.5, 0.6) is 0 Å². The first kappa shape index (κ1) is 8.96. The highest BCUT2D eigenvalue weighted by Crippen LogP contribution is 2.15. The van der Waals surface area contributed by atoms with Gasteiger partial charge in [-0.3, -0.25) is 10.2 Å². The van der Waals surface area contributed by atoms with Gasteiger partial charge in [0.1, 0.15) is 0 Å². The maximum atomic E-state index is 5.43. The van der Waals surface area contributed by atoms with E-state index < -0.39 is 0 Å². The number of nitrogens with two attached hydrogens (primary N) is 1. The lowest BCUT2D eigenvalue weighted by Gasteiger charge is -1.91. The molecule has 4 N–H and O–H groups in total. The first-order valence-electron chi connectivity index (χ1n) is 4.63. The molecule has 2 rings (SSSR count). The highest BCUT2D eigenvalue weighted by molar-refractivity contribution is 5.56. The number of aromatic nitrogens is 4. The third-order valence-electron chi connectivity index (χ3n) is 2.08. The van der Waals surface area contributed by atoms with Crippen molar-refractivity contribution in [2.24, 2.45) is 5.73 Å². The van der Waals surface area contributed by atoms with Crippen LogP contribution in [0.1, 0.15) is 12.1 Å². The lowest BCUT2D eigenvalue weighted by atomic mass is 10.2. The number of nitrogens with zero attached hydrogens (tertiary/aromatic N) is 2. The van der Waals surface area contributed by atoms with E-state index in [2.05, 4.69) is 20.4 Å². The van der Waals surface area contributed by atoms with Crippen molar-refractivity contribution in [3.05, 3.63) is 24.2 Å². The molecule has 2 heterocycles. The van der Waals surface area contributed by atoms with Gasteiger partial charge in [0.15, 0.2) is 0 Å². The Hall–Kier alpha value is -1.62. The quantitative estimate of drug-likeness (QED) is 0.664. The zero-order chi connectivity index (χ0) is 9.80. The second-order valence-corrected chi connectivity index (χ2v) is 3.16. The Morgan fingerprint density at radius 3 is 3.07 bits per heavy atom. The van der Waals surface area contributed by atoms with Crippen molar-refractivity contribution in [1.82, 2.24) is 20.4 Å². The standard InChI is InChI=1S/C9H13N5/c10-3-1-2-8-4-9(14-13-8)7-5-11-12-6-7/h4-6H,1-3,10H2,(H,11,12)(H,13,14). The van der Waals surface area contributed by atoms with Gasteiger partial charge in [0.2, 0.25) is 0 Å². The maximum absolute atomic E-state index is 5.43. The molecule has 0 spiro atoms. The minimum Gasteiger partial charge on any atom is -0.330 e. The highest BCUT2D eigenvalue weighted by atomic mass is 15.1. The third-order valence-corrected chi connectivity index (χ3v) is 2.08. The van der Waals surface area contributed by atoms with Gasteiger partial charge in [-0.15, -0.1) is 0 Å². The number of hydrogen-bond donors (Lipinski definition) is 3. The molecule has 2 aromatic heterocycles. The van der Waals surface area contributed by atoms with Gasteiger partial charge in [0, 0.05) is 17.5 Å². The molecule has 0 unspecified atom stereocenters. The van der Waals surface area contributed by atoms with Crippen LogP contribution >= 0.6 is 0 Å². The third kappa shape index (κ3) is 1.82. The van der Waals surface area contributed by atoms with Crippen molar-refractivity contribution in [2.45, 2.75) is 12.8 Å². The van der Waals surface area contributed by atoms with Crippen LogP contribution in [0.15, 0.2) is 18.5 Å². The van der Waals surface area contributed by atoms with E-state index in [-0.39, 0.29) is 0 Å². The van der Waals surface area contributed by atoms with Crippen molar-refractivity contribution < 1.29 is 0 Å². The molecular weight excluding hydrogens is 178 g/mol. The number of aryl methyl sites for hydroxylation is 1. The summed E-state index contributed by atoms with van der Waals surface area (Å²) in [5.41, 5.74) is 8.47. The minimum absolute atomic E-state index is 0.708. The van der Waals surface area contributed by atoms with E-state index in [1.165, 1.54) is 0 Å². The summed E-state index contributed by atoms with van der Waals surface area (Å²) in [5, 5.41) is 13.8. The Kier molecular flexibility index (Phi) is 2.60. The molecule has 0 aliphatic heterocycles. The Balaban J connectivity index is 2.10. The maximum Gasteiger partial charge on any atom is 0.0954 e. The molecule has 0 atom stereocenters. The van der Waals surface area contributed by atoms with Crippen LogP contribution in [-0.4, -0.2) is 26.9 Å². The van der Waals surface area contributed by atoms with Gasteiger partial charge in [-0.05, 0) is 25.5 Å². The lowest BCUT2D eigenvalue weighted by Crippen LogP contribution is -2.00. The van der Waals surface area contributed by atoms with E-state index in [1.54, 1.807) is 6.20 Å². The molecule has 0 fully saturated rings. The van der Waals surface area contributed by atoms with Crippen molar-refractivity contribution >= 4 is 0 Å². The molecule has 74 valence electrons. The summed E-state index contributed by atoms with van der Waals surface area (Å²) in [6.07, 6.45) is 5.50. The van der Waals surface area contributed by atoms with Crippen LogP contribution in [-0.2, 0) is 6.42 Å². The first-order valence-corrected chi connectivity index (χ1v) is 4.63. The fraction of sp³-hybridized carbons (Fsp3) is 0.333. The van der Waals surface area contributed by atoms with Crippen LogP contribution in [0.25, 0.3) is 11.3 Å². The van der Waals surface area contributed by atoms with E-state index >= 15 is 0 Å². The van der Waals surface area contributed by atoms with Crippen LogP contribution in [0.4, 0.5) is 0 Å². The Morgan fingerprint density at radius 2 is 2.36 bits per heavy atom. The Labute approximate surface area is 81.7 Å². The molecule has 0 bridgehead atoms. The summed E-state index contributed by atoms with van der Waals surface area (Å²) in [6.45, 7) is 0.708. The topological polar surface area (TPSA) is 83.4 Å². The molecule has 5 heteroatoms. The summed E-state index contributed by atoms with van der Waals surface area (Å²) in [7, 11) is 0. The summed E-state index contributed by atoms with van der Waals surface area (Å²) >= 11 is 0. The van der Waals surface area contributed by atoms with Gasteiger partial charge in [0.05, 0.1) is 11.9 Å². The van der Waals surface area contributed by atoms with Crippen LogP contribution < -0.4 is 5.73 Å². The molecule has 0 saturated carbocycles. The second kappa shape index (κ2) is 4.06. The van der Waals surface area contributed by atoms with E-state index in [9.17, 15) is 0 Å². The minimum atomic E-state index is 0.708. The molecule has 0 radical (unpaired) electrons. The van der Waals surface area contributed by atoms with Gasteiger partial charge in [0.25, 0.3) is 0 Å². The molecule has 14 heavy (non-hydrogen) atoms. The van der Waals surface area contributed by atoms with Crippen LogP contribution in [0.3, 0.4) is 0 Å². The number of aromatic amines is 2. The highest BCUT2D eigenvalue weighted by Gasteiger charge is 2.03. The number of rotatable bonds is 4. The van der Waals surface area contributed by atoms with Crippen molar-refractivity contribution in [3.8, 4) is 11.3 Å². The van der Waals surface area contributed by atoms with E-state index in [4.69, 9.17) is 5.73 Å². The first-order chi connectivity index (χ1) is 6.90. The smallest absolute Gasteiger partial charge is 0.0954 e. The molecule has 0 saturated heterocycles. The van der Waals surface area contributed by atoms with Crippen molar-refractivity contribution in [1.29, 1.82) is 0 Å². The fourth-order valence-electron chi connectivity index (χ4n) is 1.32. The monoisotopic (exact) mass is 191 g/mol. The zero-order valence-corrected chi connectivity index (χ0v) is 7.83. The van der Waals surface area contributed by atoms with Gasteiger partial charge in [-0.1, -0.05) is 0 Å². The predicted molar refractivity (Wildman–Crippen MR) is 53.5 cm³/mol. The van der Waals surface area contributed by atoms with E-state index in [0.717, 1.165) is 29.8 Å². The Bertz CT molecular complexity index is 376. The molecule has 5 nitrogen and oxygen atoms in total. The lowest BCUT2D eigenvalue weighted by molar-refractivity contribution is 0.804. The van der Waals surface area contributed by atoms with Gasteiger partial charge >= 0.3 is 0 Å². The molecular formula is C9H13N5. The molecule has 0 amide bonds. The summed E-state index contributed by atoms with van der Waals surface area (Å²) in [4.78, 5) is 0. The fourth-order valence-corrected chi connectivity index (χ4v) is 1.32. The Morgan fingerprint density at radius 1 is 1.43 bits per heavy atom. The van der Waals surface area contributed by atoms with Gasteiger partial charge in [-0.25, -0.2) is 0 Å². The average Bonchev–Trinajstić information content (AvgIpc) is 2.85. The van der Waals surface area contributed by atoms with Crippen molar-refractivity contribution in [3.63, 3.8) is 0 Å². The van der Waals surface area contributed by atoms with Crippen molar-refractivity contribution in [2.75, 3.05) is 6.54 Å². The predicted octanol–water partition coefficient (Wildman–Crippen LogP) is 0.691.